The molecule has 0 bridgehead atoms. The summed E-state index contributed by atoms with van der Waals surface area (Å²) in [4.78, 5) is 27.9. The smallest absolute Gasteiger partial charge is 0.242 e. The molecule has 2 aromatic carbocycles. The maximum atomic E-state index is 13.4. The van der Waals surface area contributed by atoms with Gasteiger partial charge in [-0.15, -0.1) is 0 Å². The number of ether oxygens (including phenoxy) is 1. The summed E-state index contributed by atoms with van der Waals surface area (Å²) in [5, 5.41) is 2.94. The number of hydrogen-bond acceptors (Lipinski definition) is 5. The van der Waals surface area contributed by atoms with Crippen molar-refractivity contribution in [1.29, 1.82) is 0 Å². The highest BCUT2D eigenvalue weighted by Crippen LogP contribution is 2.21. The lowest BCUT2D eigenvalue weighted by Gasteiger charge is -2.32. The van der Waals surface area contributed by atoms with Gasteiger partial charge >= 0.3 is 0 Å². The maximum absolute atomic E-state index is 13.4. The number of aryl methyl sites for hydroxylation is 1. The molecule has 2 amide bonds. The second kappa shape index (κ2) is 12.9. The molecular weight excluding hydrogens is 490 g/mol. The molecule has 2 rings (SSSR count). The van der Waals surface area contributed by atoms with Crippen LogP contribution >= 0.6 is 0 Å². The molecule has 2 aromatic rings. The van der Waals surface area contributed by atoms with E-state index in [-0.39, 0.29) is 31.3 Å². The number of nitrogens with one attached hydrogen (secondary N) is 1. The van der Waals surface area contributed by atoms with Crippen molar-refractivity contribution < 1.29 is 22.7 Å². The topological polar surface area (TPSA) is 96.0 Å². The number of amides is 2. The molecule has 204 valence electrons. The van der Waals surface area contributed by atoms with Crippen LogP contribution in [0.4, 0.5) is 5.69 Å². The van der Waals surface area contributed by atoms with Crippen LogP contribution in [0.15, 0.2) is 48.5 Å². The number of anilines is 1. The van der Waals surface area contributed by atoms with E-state index < -0.39 is 21.6 Å². The molecule has 0 spiro atoms. The number of benzene rings is 2. The minimum Gasteiger partial charge on any atom is -0.497 e. The van der Waals surface area contributed by atoms with Crippen LogP contribution in [-0.4, -0.2) is 56.6 Å². The Labute approximate surface area is 222 Å². The summed E-state index contributed by atoms with van der Waals surface area (Å²) in [5.41, 5.74) is 2.10. The van der Waals surface area contributed by atoms with Gasteiger partial charge in [0.2, 0.25) is 21.8 Å². The third-order valence-corrected chi connectivity index (χ3v) is 7.16. The third-order valence-electron chi connectivity index (χ3n) is 5.96. The van der Waals surface area contributed by atoms with Crippen LogP contribution in [0.1, 0.15) is 58.6 Å². The van der Waals surface area contributed by atoms with Crippen LogP contribution < -0.4 is 14.4 Å². The summed E-state index contributed by atoms with van der Waals surface area (Å²) in [6.07, 6.45) is 2.44. The monoisotopic (exact) mass is 531 g/mol. The summed E-state index contributed by atoms with van der Waals surface area (Å²) >= 11 is 0. The van der Waals surface area contributed by atoms with Crippen molar-refractivity contribution in [2.24, 2.45) is 0 Å². The second-order valence-corrected chi connectivity index (χ2v) is 12.2. The predicted molar refractivity (Wildman–Crippen MR) is 148 cm³/mol. The molecule has 9 heteroatoms. The van der Waals surface area contributed by atoms with Gasteiger partial charge in [-0.25, -0.2) is 8.42 Å². The average molecular weight is 532 g/mol. The van der Waals surface area contributed by atoms with Crippen molar-refractivity contribution in [3.8, 4) is 5.75 Å². The molecule has 37 heavy (non-hydrogen) atoms. The number of hydrogen-bond donors (Lipinski definition) is 1. The van der Waals surface area contributed by atoms with E-state index in [1.807, 2.05) is 64.1 Å². The van der Waals surface area contributed by atoms with Crippen molar-refractivity contribution in [3.63, 3.8) is 0 Å². The lowest BCUT2D eigenvalue weighted by atomic mass is 10.1. The molecule has 1 unspecified atom stereocenters. The Kier molecular flexibility index (Phi) is 10.5. The predicted octanol–water partition coefficient (Wildman–Crippen LogP) is 4.14. The summed E-state index contributed by atoms with van der Waals surface area (Å²) in [7, 11) is -1.94. The van der Waals surface area contributed by atoms with E-state index in [0.717, 1.165) is 23.8 Å². The zero-order chi connectivity index (χ0) is 27.8. The van der Waals surface area contributed by atoms with Crippen LogP contribution in [0.25, 0.3) is 0 Å². The Morgan fingerprint density at radius 1 is 1.00 bits per heavy atom. The van der Waals surface area contributed by atoms with Crippen LogP contribution in [0.2, 0.25) is 0 Å². The molecule has 0 aliphatic rings. The van der Waals surface area contributed by atoms with Gasteiger partial charge < -0.3 is 15.0 Å². The average Bonchev–Trinajstić information content (AvgIpc) is 2.83. The van der Waals surface area contributed by atoms with E-state index >= 15 is 0 Å². The number of rotatable bonds is 12. The molecule has 1 N–H and O–H groups in total. The third kappa shape index (κ3) is 9.39. The van der Waals surface area contributed by atoms with E-state index in [1.54, 1.807) is 31.1 Å². The van der Waals surface area contributed by atoms with Crippen LogP contribution in [0.5, 0.6) is 5.75 Å². The fourth-order valence-electron chi connectivity index (χ4n) is 3.89. The Morgan fingerprint density at radius 3 is 2.05 bits per heavy atom. The highest BCUT2D eigenvalue weighted by molar-refractivity contribution is 7.92. The molecule has 0 heterocycles. The lowest BCUT2D eigenvalue weighted by molar-refractivity contribution is -0.141. The van der Waals surface area contributed by atoms with E-state index in [2.05, 4.69) is 5.32 Å². The van der Waals surface area contributed by atoms with Crippen LogP contribution in [0, 0.1) is 0 Å². The molecular formula is C28H41N3O5S. The molecule has 1 atom stereocenters. The summed E-state index contributed by atoms with van der Waals surface area (Å²) in [5.74, 6) is 0.235. The largest absolute Gasteiger partial charge is 0.497 e. The summed E-state index contributed by atoms with van der Waals surface area (Å²) < 4.78 is 31.5. The quantitative estimate of drug-likeness (QED) is 0.444. The van der Waals surface area contributed by atoms with E-state index in [4.69, 9.17) is 4.74 Å². The minimum atomic E-state index is -3.53. The molecule has 0 saturated heterocycles. The first-order valence-corrected chi connectivity index (χ1v) is 14.4. The first kappa shape index (κ1) is 30.2. The molecule has 0 aliphatic carbocycles. The fourth-order valence-corrected chi connectivity index (χ4v) is 4.85. The van der Waals surface area contributed by atoms with Gasteiger partial charge in [-0.05, 0) is 75.9 Å². The van der Waals surface area contributed by atoms with Gasteiger partial charge in [-0.2, -0.15) is 0 Å². The van der Waals surface area contributed by atoms with Gasteiger partial charge in [0.1, 0.15) is 11.8 Å². The van der Waals surface area contributed by atoms with Crippen molar-refractivity contribution in [1.82, 2.24) is 10.2 Å². The normalized spacial score (nSPS) is 12.5. The highest BCUT2D eigenvalue weighted by atomic mass is 32.2. The van der Waals surface area contributed by atoms with Gasteiger partial charge in [0.15, 0.2) is 0 Å². The SMILES string of the molecule is CCc1ccc(N(CCCC(=O)N(Cc2ccc(OC)cc2)C(C)C(=O)NC(C)(C)C)S(C)(=O)=O)cc1. The first-order chi connectivity index (χ1) is 17.2. The maximum Gasteiger partial charge on any atom is 0.242 e. The van der Waals surface area contributed by atoms with Crippen molar-refractivity contribution in [3.05, 3.63) is 59.7 Å². The van der Waals surface area contributed by atoms with Crippen LogP contribution in [-0.2, 0) is 32.6 Å². The van der Waals surface area contributed by atoms with E-state index in [0.29, 0.717) is 17.9 Å². The van der Waals surface area contributed by atoms with Crippen molar-refractivity contribution >= 4 is 27.5 Å². The Morgan fingerprint density at radius 2 is 1.57 bits per heavy atom. The molecule has 0 saturated carbocycles. The van der Waals surface area contributed by atoms with Crippen LogP contribution in [0.3, 0.4) is 0 Å². The molecule has 0 radical (unpaired) electrons. The van der Waals surface area contributed by atoms with Gasteiger partial charge in [0.05, 0.1) is 19.1 Å². The number of nitrogens with zero attached hydrogens (tertiary/aromatic N) is 2. The number of methoxy groups -OCH3 is 1. The first-order valence-electron chi connectivity index (χ1n) is 12.6. The zero-order valence-electron chi connectivity index (χ0n) is 23.1. The Hall–Kier alpha value is -3.07. The molecule has 0 fully saturated rings. The van der Waals surface area contributed by atoms with E-state index in [9.17, 15) is 18.0 Å². The Balaban J connectivity index is 2.18. The Bertz CT molecular complexity index is 1140. The number of carbonyl (C=O) groups is 2. The zero-order valence-corrected chi connectivity index (χ0v) is 23.9. The number of sulfonamides is 1. The van der Waals surface area contributed by atoms with Gasteiger partial charge in [-0.3, -0.25) is 13.9 Å². The molecule has 0 aromatic heterocycles. The van der Waals surface area contributed by atoms with Gasteiger partial charge in [0, 0.05) is 25.0 Å². The summed E-state index contributed by atoms with van der Waals surface area (Å²) in [6.45, 7) is 9.82. The van der Waals surface area contributed by atoms with E-state index in [1.165, 1.54) is 4.31 Å². The highest BCUT2D eigenvalue weighted by Gasteiger charge is 2.28. The van der Waals surface area contributed by atoms with Gasteiger partial charge in [0.25, 0.3) is 0 Å². The summed E-state index contributed by atoms with van der Waals surface area (Å²) in [6, 6.07) is 14.0. The lowest BCUT2D eigenvalue weighted by Crippen LogP contribution is -2.52. The van der Waals surface area contributed by atoms with Gasteiger partial charge in [-0.1, -0.05) is 31.2 Å². The second-order valence-electron chi connectivity index (χ2n) is 10.2. The number of carbonyl (C=O) groups excluding carboxylic acids is 2. The van der Waals surface area contributed by atoms with Crippen molar-refractivity contribution in [2.45, 2.75) is 72.0 Å². The molecule has 0 aliphatic heterocycles. The van der Waals surface area contributed by atoms with Crippen molar-refractivity contribution in [2.75, 3.05) is 24.2 Å². The standard InChI is InChI=1S/C28H41N3O5S/c1-8-22-11-15-24(16-12-22)31(37(7,34)35)19-9-10-26(32)30(21(2)27(33)29-28(3,4)5)20-23-13-17-25(36-6)18-14-23/h11-18,21H,8-10,19-20H2,1-7H3,(H,29,33). The molecule has 8 nitrogen and oxygen atoms in total. The minimum absolute atomic E-state index is 0.0996. The fraction of sp³-hybridized carbons (Fsp3) is 0.500.